The molecule has 0 aliphatic heterocycles. The minimum atomic E-state index is -0.518. The number of rotatable bonds is 9. The van der Waals surface area contributed by atoms with Gasteiger partial charge < -0.3 is 10.2 Å². The molecule has 6 heteroatoms. The van der Waals surface area contributed by atoms with E-state index in [4.69, 9.17) is 11.6 Å². The minimum Gasteiger partial charge on any atom is -0.357 e. The van der Waals surface area contributed by atoms with Crippen LogP contribution in [0, 0.1) is 0 Å². The van der Waals surface area contributed by atoms with E-state index in [2.05, 4.69) is 5.32 Å². The summed E-state index contributed by atoms with van der Waals surface area (Å²) in [5, 5.41) is 3.26. The highest BCUT2D eigenvalue weighted by Crippen LogP contribution is 2.21. The van der Waals surface area contributed by atoms with Gasteiger partial charge in [-0.05, 0) is 23.6 Å². The van der Waals surface area contributed by atoms with Crippen LogP contribution in [0.2, 0.25) is 5.02 Å². The number of benzene rings is 2. The van der Waals surface area contributed by atoms with Crippen LogP contribution in [0.25, 0.3) is 0 Å². The van der Waals surface area contributed by atoms with E-state index in [1.165, 1.54) is 5.56 Å². The third-order valence-electron chi connectivity index (χ3n) is 4.27. The Labute approximate surface area is 170 Å². The molecule has 2 rings (SSSR count). The maximum atomic E-state index is 13.0. The first-order chi connectivity index (χ1) is 13.1. The first-order valence-electron chi connectivity index (χ1n) is 8.93. The van der Waals surface area contributed by atoms with E-state index in [1.807, 2.05) is 55.5 Å². The molecule has 0 aliphatic rings. The molecule has 1 atom stereocenters. The molecule has 0 heterocycles. The van der Waals surface area contributed by atoms with Crippen LogP contribution in [-0.4, -0.2) is 35.6 Å². The van der Waals surface area contributed by atoms with Crippen LogP contribution in [0.15, 0.2) is 54.6 Å². The van der Waals surface area contributed by atoms with Crippen LogP contribution >= 0.6 is 23.4 Å². The molecule has 2 aromatic rings. The lowest BCUT2D eigenvalue weighted by Gasteiger charge is -2.30. The molecule has 0 fully saturated rings. The smallest absolute Gasteiger partial charge is 0.242 e. The maximum absolute atomic E-state index is 13.0. The summed E-state index contributed by atoms with van der Waals surface area (Å²) in [5.74, 6) is 0.841. The molecule has 27 heavy (non-hydrogen) atoms. The minimum absolute atomic E-state index is 0.0636. The fourth-order valence-electron chi connectivity index (χ4n) is 2.81. The zero-order valence-electron chi connectivity index (χ0n) is 15.7. The molecule has 1 N–H and O–H groups in total. The molecule has 0 radical (unpaired) electrons. The van der Waals surface area contributed by atoms with Crippen molar-refractivity contribution < 1.29 is 9.59 Å². The molecule has 2 aromatic carbocycles. The van der Waals surface area contributed by atoms with Crippen molar-refractivity contribution in [2.75, 3.05) is 12.8 Å². The van der Waals surface area contributed by atoms with Gasteiger partial charge in [0.15, 0.2) is 0 Å². The van der Waals surface area contributed by atoms with Crippen LogP contribution < -0.4 is 5.32 Å². The number of amides is 2. The number of thioether (sulfide) groups is 1. The zero-order chi connectivity index (χ0) is 19.6. The van der Waals surface area contributed by atoms with E-state index in [-0.39, 0.29) is 11.8 Å². The Morgan fingerprint density at radius 2 is 1.78 bits per heavy atom. The third-order valence-corrected chi connectivity index (χ3v) is 5.63. The quantitative estimate of drug-likeness (QED) is 0.683. The van der Waals surface area contributed by atoms with Crippen molar-refractivity contribution in [2.45, 2.75) is 31.7 Å². The average molecular weight is 405 g/mol. The molecule has 0 aromatic heterocycles. The van der Waals surface area contributed by atoms with Crippen molar-refractivity contribution in [2.24, 2.45) is 0 Å². The van der Waals surface area contributed by atoms with E-state index in [9.17, 15) is 9.59 Å². The van der Waals surface area contributed by atoms with Crippen molar-refractivity contribution in [3.63, 3.8) is 0 Å². The van der Waals surface area contributed by atoms with Gasteiger partial charge >= 0.3 is 0 Å². The lowest BCUT2D eigenvalue weighted by molar-refractivity contribution is -0.139. The van der Waals surface area contributed by atoms with Gasteiger partial charge in [0.1, 0.15) is 6.04 Å². The summed E-state index contributed by atoms with van der Waals surface area (Å²) in [7, 11) is 1.59. The van der Waals surface area contributed by atoms with Gasteiger partial charge in [-0.1, -0.05) is 67.1 Å². The number of nitrogens with one attached hydrogen (secondary N) is 1. The first kappa shape index (κ1) is 21.3. The zero-order valence-corrected chi connectivity index (χ0v) is 17.2. The van der Waals surface area contributed by atoms with Crippen molar-refractivity contribution in [1.29, 1.82) is 0 Å². The third kappa shape index (κ3) is 6.29. The Morgan fingerprint density at radius 3 is 2.41 bits per heavy atom. The molecule has 0 saturated carbocycles. The van der Waals surface area contributed by atoms with Gasteiger partial charge in [-0.15, -0.1) is 11.8 Å². The van der Waals surface area contributed by atoms with Gasteiger partial charge in [0.25, 0.3) is 0 Å². The highest BCUT2D eigenvalue weighted by molar-refractivity contribution is 7.99. The largest absolute Gasteiger partial charge is 0.357 e. The second kappa shape index (κ2) is 11.0. The summed E-state index contributed by atoms with van der Waals surface area (Å²) in [4.78, 5) is 26.9. The predicted octanol–water partition coefficient (Wildman–Crippen LogP) is 4.13. The fourth-order valence-corrected chi connectivity index (χ4v) is 3.88. The topological polar surface area (TPSA) is 49.4 Å². The molecule has 0 aliphatic carbocycles. The SMILES string of the molecule is CC[C@@H](C(=O)NC)N(Cc1ccccc1Cl)C(=O)CSCc1ccccc1. The second-order valence-electron chi connectivity index (χ2n) is 6.13. The Balaban J connectivity index is 2.11. The van der Waals surface area contributed by atoms with Crippen molar-refractivity contribution >= 4 is 35.2 Å². The second-order valence-corrected chi connectivity index (χ2v) is 7.52. The Hall–Kier alpha value is -1.98. The molecule has 2 amide bonds. The standard InChI is InChI=1S/C21H25ClN2O2S/c1-3-19(21(26)23-2)24(13-17-11-7-8-12-18(17)22)20(25)15-27-14-16-9-5-4-6-10-16/h4-12,19H,3,13-15H2,1-2H3,(H,23,26)/t19-/m0/s1. The van der Waals surface area contributed by atoms with Crippen LogP contribution in [0.5, 0.6) is 0 Å². The lowest BCUT2D eigenvalue weighted by Crippen LogP contribution is -2.48. The number of hydrogen-bond acceptors (Lipinski definition) is 3. The van der Waals surface area contributed by atoms with Gasteiger partial charge in [0.05, 0.1) is 5.75 Å². The molecular weight excluding hydrogens is 380 g/mol. The normalized spacial score (nSPS) is 11.7. The number of carbonyl (C=O) groups is 2. The number of halogens is 1. The van der Waals surface area contributed by atoms with E-state index < -0.39 is 6.04 Å². The molecule has 0 spiro atoms. The first-order valence-corrected chi connectivity index (χ1v) is 10.5. The Bertz CT molecular complexity index is 755. The summed E-state index contributed by atoms with van der Waals surface area (Å²) in [6, 6.07) is 16.9. The van der Waals surface area contributed by atoms with E-state index in [1.54, 1.807) is 29.8 Å². The van der Waals surface area contributed by atoms with Gasteiger partial charge in [-0.3, -0.25) is 9.59 Å². The average Bonchev–Trinajstić information content (AvgIpc) is 2.69. The van der Waals surface area contributed by atoms with Crippen molar-refractivity contribution in [3.8, 4) is 0 Å². The predicted molar refractivity (Wildman–Crippen MR) is 113 cm³/mol. The molecule has 0 bridgehead atoms. The highest BCUT2D eigenvalue weighted by Gasteiger charge is 2.28. The number of nitrogens with zero attached hydrogens (tertiary/aromatic N) is 1. The Morgan fingerprint density at radius 1 is 1.11 bits per heavy atom. The highest BCUT2D eigenvalue weighted by atomic mass is 35.5. The van der Waals surface area contributed by atoms with Crippen LogP contribution in [0.4, 0.5) is 0 Å². The van der Waals surface area contributed by atoms with Crippen LogP contribution in [-0.2, 0) is 21.9 Å². The molecular formula is C21H25ClN2O2S. The van der Waals surface area contributed by atoms with E-state index in [0.29, 0.717) is 23.7 Å². The molecule has 0 saturated heterocycles. The summed E-state index contributed by atoms with van der Waals surface area (Å²) in [5.41, 5.74) is 2.01. The lowest BCUT2D eigenvalue weighted by atomic mass is 10.1. The van der Waals surface area contributed by atoms with Gasteiger partial charge in [-0.25, -0.2) is 0 Å². The van der Waals surface area contributed by atoms with Crippen molar-refractivity contribution in [3.05, 3.63) is 70.7 Å². The van der Waals surface area contributed by atoms with Gasteiger partial charge in [0.2, 0.25) is 11.8 Å². The molecule has 4 nitrogen and oxygen atoms in total. The van der Waals surface area contributed by atoms with E-state index in [0.717, 1.165) is 11.3 Å². The van der Waals surface area contributed by atoms with Gasteiger partial charge in [0, 0.05) is 24.4 Å². The van der Waals surface area contributed by atoms with Crippen molar-refractivity contribution in [1.82, 2.24) is 10.2 Å². The Kier molecular flexibility index (Phi) is 8.69. The van der Waals surface area contributed by atoms with Crippen LogP contribution in [0.3, 0.4) is 0 Å². The summed E-state index contributed by atoms with van der Waals surface area (Å²) in [6.07, 6.45) is 0.541. The maximum Gasteiger partial charge on any atom is 0.242 e. The fraction of sp³-hybridized carbons (Fsp3) is 0.333. The molecule has 144 valence electrons. The number of likely N-dealkylation sites (N-methyl/N-ethyl adjacent to an activating group) is 1. The monoisotopic (exact) mass is 404 g/mol. The van der Waals surface area contributed by atoms with Gasteiger partial charge in [-0.2, -0.15) is 0 Å². The number of carbonyl (C=O) groups excluding carboxylic acids is 2. The summed E-state index contributed by atoms with van der Waals surface area (Å²) < 4.78 is 0. The molecule has 0 unspecified atom stereocenters. The van der Waals surface area contributed by atoms with E-state index >= 15 is 0 Å². The summed E-state index contributed by atoms with van der Waals surface area (Å²) >= 11 is 7.82. The summed E-state index contributed by atoms with van der Waals surface area (Å²) in [6.45, 7) is 2.22. The number of hydrogen-bond donors (Lipinski definition) is 1. The van der Waals surface area contributed by atoms with Crippen LogP contribution in [0.1, 0.15) is 24.5 Å².